The maximum atomic E-state index is 10.9. The number of hydrogen-bond acceptors (Lipinski definition) is 3. The first-order valence-corrected chi connectivity index (χ1v) is 5.47. The fourth-order valence-corrected chi connectivity index (χ4v) is 2.86. The van der Waals surface area contributed by atoms with Gasteiger partial charge in [0.25, 0.3) is 0 Å². The summed E-state index contributed by atoms with van der Waals surface area (Å²) in [6.07, 6.45) is 1.38. The maximum Gasteiger partial charge on any atom is 0.242 e. The Labute approximate surface area is 82.9 Å². The molecule has 0 unspecified atom stereocenters. The molecule has 0 aliphatic heterocycles. The molecule has 1 aromatic heterocycles. The minimum Gasteiger partial charge on any atom is -0.243 e. The lowest BCUT2D eigenvalue weighted by Crippen LogP contribution is -2.13. The van der Waals surface area contributed by atoms with Crippen LogP contribution in [0.5, 0.6) is 0 Å². The molecule has 7 heteroatoms. The zero-order chi connectivity index (χ0) is 9.35. The third-order valence-electron chi connectivity index (χ3n) is 1.10. The number of nitrogens with zero attached hydrogens (tertiary/aromatic N) is 1. The molecular weight excluding hydrogens is 267 g/mol. The van der Waals surface area contributed by atoms with Crippen molar-refractivity contribution >= 4 is 37.6 Å². The Morgan fingerprint density at radius 2 is 2.17 bits per heavy atom. The molecule has 0 amide bonds. The number of hydrogen-bond donors (Lipinski definition) is 1. The third kappa shape index (κ3) is 1.95. The number of aromatic nitrogens is 1. The van der Waals surface area contributed by atoms with E-state index >= 15 is 0 Å². The topological polar surface area (TPSA) is 73.1 Å². The molecule has 1 heterocycles. The lowest BCUT2D eigenvalue weighted by atomic mass is 10.5. The van der Waals surface area contributed by atoms with Crippen molar-refractivity contribution in [2.45, 2.75) is 4.90 Å². The van der Waals surface area contributed by atoms with Crippen LogP contribution in [0.4, 0.5) is 0 Å². The number of rotatable bonds is 1. The van der Waals surface area contributed by atoms with Gasteiger partial charge >= 0.3 is 0 Å². The summed E-state index contributed by atoms with van der Waals surface area (Å²) in [5.74, 6) is 0. The molecule has 1 rings (SSSR count). The van der Waals surface area contributed by atoms with Crippen molar-refractivity contribution < 1.29 is 8.42 Å². The molecule has 12 heavy (non-hydrogen) atoms. The summed E-state index contributed by atoms with van der Waals surface area (Å²) in [5, 5.41) is 4.74. The SMILES string of the molecule is NS(=O)(=O)c1c(Br)ccnc1Cl. The van der Waals surface area contributed by atoms with Gasteiger partial charge in [-0.25, -0.2) is 18.5 Å². The van der Waals surface area contributed by atoms with E-state index in [1.807, 2.05) is 0 Å². The van der Waals surface area contributed by atoms with Gasteiger partial charge in [-0.2, -0.15) is 0 Å². The van der Waals surface area contributed by atoms with E-state index in [1.165, 1.54) is 12.3 Å². The van der Waals surface area contributed by atoms with Crippen molar-refractivity contribution in [2.24, 2.45) is 5.14 Å². The first kappa shape index (κ1) is 9.91. The van der Waals surface area contributed by atoms with E-state index in [4.69, 9.17) is 16.7 Å². The predicted octanol–water partition coefficient (Wildman–Crippen LogP) is 1.14. The number of pyridine rings is 1. The summed E-state index contributed by atoms with van der Waals surface area (Å²) in [7, 11) is -3.81. The highest BCUT2D eigenvalue weighted by Crippen LogP contribution is 2.25. The second-order valence-corrected chi connectivity index (χ2v) is 4.67. The highest BCUT2D eigenvalue weighted by molar-refractivity contribution is 9.10. The molecule has 0 fully saturated rings. The molecule has 0 aromatic carbocycles. The summed E-state index contributed by atoms with van der Waals surface area (Å²) >= 11 is 8.51. The second-order valence-electron chi connectivity index (χ2n) is 1.96. The zero-order valence-electron chi connectivity index (χ0n) is 5.66. The van der Waals surface area contributed by atoms with Crippen LogP contribution in [0.25, 0.3) is 0 Å². The van der Waals surface area contributed by atoms with Crippen LogP contribution in [0, 0.1) is 0 Å². The fraction of sp³-hybridized carbons (Fsp3) is 0. The molecule has 1 aromatic rings. The minimum absolute atomic E-state index is 0.133. The van der Waals surface area contributed by atoms with E-state index in [-0.39, 0.29) is 10.0 Å². The van der Waals surface area contributed by atoms with Gasteiger partial charge in [-0.1, -0.05) is 11.6 Å². The van der Waals surface area contributed by atoms with Gasteiger partial charge in [0.1, 0.15) is 10.0 Å². The Hall–Kier alpha value is -0.170. The van der Waals surface area contributed by atoms with Gasteiger partial charge in [-0.15, -0.1) is 0 Å². The molecule has 0 atom stereocenters. The number of primary sulfonamides is 1. The van der Waals surface area contributed by atoms with Crippen LogP contribution < -0.4 is 5.14 Å². The van der Waals surface area contributed by atoms with Gasteiger partial charge in [-0.05, 0) is 22.0 Å². The summed E-state index contributed by atoms with van der Waals surface area (Å²) < 4.78 is 22.1. The molecule has 0 bridgehead atoms. The Balaban J connectivity index is 3.53. The van der Waals surface area contributed by atoms with Crippen molar-refractivity contribution in [1.29, 1.82) is 0 Å². The summed E-state index contributed by atoms with van der Waals surface area (Å²) in [6.45, 7) is 0. The first-order valence-electron chi connectivity index (χ1n) is 2.75. The lowest BCUT2D eigenvalue weighted by Gasteiger charge is -2.01. The standard InChI is InChI=1S/C5H4BrClN2O2S/c6-3-1-2-9-5(7)4(3)12(8,10)11/h1-2H,(H2,8,10,11). The minimum atomic E-state index is -3.81. The maximum absolute atomic E-state index is 10.9. The molecule has 0 spiro atoms. The van der Waals surface area contributed by atoms with Gasteiger partial charge in [0, 0.05) is 10.7 Å². The van der Waals surface area contributed by atoms with Crippen LogP contribution >= 0.6 is 27.5 Å². The van der Waals surface area contributed by atoms with Crippen LogP contribution in [-0.4, -0.2) is 13.4 Å². The second kappa shape index (κ2) is 3.29. The quantitative estimate of drug-likeness (QED) is 0.779. The normalized spacial score (nSPS) is 11.6. The van der Waals surface area contributed by atoms with Gasteiger partial charge in [0.05, 0.1) is 0 Å². The summed E-state index contributed by atoms with van der Waals surface area (Å²) in [5.41, 5.74) is 0. The van der Waals surface area contributed by atoms with Crippen LogP contribution in [0.3, 0.4) is 0 Å². The Morgan fingerprint density at radius 3 is 2.50 bits per heavy atom. The molecule has 0 saturated carbocycles. The molecule has 0 saturated heterocycles. The van der Waals surface area contributed by atoms with E-state index in [1.54, 1.807) is 0 Å². The van der Waals surface area contributed by atoms with E-state index < -0.39 is 10.0 Å². The Bertz CT molecular complexity index is 386. The average molecular weight is 272 g/mol. The molecular formula is C5H4BrClN2O2S. The summed E-state index contributed by atoms with van der Waals surface area (Å²) in [6, 6.07) is 1.45. The fourth-order valence-electron chi connectivity index (χ4n) is 0.654. The monoisotopic (exact) mass is 270 g/mol. The molecule has 0 aliphatic carbocycles. The van der Waals surface area contributed by atoms with Crippen LogP contribution in [0.2, 0.25) is 5.15 Å². The van der Waals surface area contributed by atoms with E-state index in [2.05, 4.69) is 20.9 Å². The average Bonchev–Trinajstić information content (AvgIpc) is 1.82. The van der Waals surface area contributed by atoms with Gasteiger partial charge in [0.15, 0.2) is 0 Å². The van der Waals surface area contributed by atoms with Gasteiger partial charge < -0.3 is 0 Å². The smallest absolute Gasteiger partial charge is 0.242 e. The van der Waals surface area contributed by atoms with E-state index in [9.17, 15) is 8.42 Å². The van der Waals surface area contributed by atoms with Crippen molar-refractivity contribution in [1.82, 2.24) is 4.98 Å². The lowest BCUT2D eigenvalue weighted by molar-refractivity contribution is 0.597. The summed E-state index contributed by atoms with van der Waals surface area (Å²) in [4.78, 5) is 3.39. The van der Waals surface area contributed by atoms with Gasteiger partial charge in [-0.3, -0.25) is 0 Å². The van der Waals surface area contributed by atoms with Crippen LogP contribution in [-0.2, 0) is 10.0 Å². The first-order chi connectivity index (χ1) is 5.43. The largest absolute Gasteiger partial charge is 0.243 e. The predicted molar refractivity (Wildman–Crippen MR) is 48.3 cm³/mol. The van der Waals surface area contributed by atoms with Gasteiger partial charge in [0.2, 0.25) is 10.0 Å². The Morgan fingerprint density at radius 1 is 1.58 bits per heavy atom. The molecule has 0 radical (unpaired) electrons. The number of nitrogens with two attached hydrogens (primary N) is 1. The zero-order valence-corrected chi connectivity index (χ0v) is 8.82. The van der Waals surface area contributed by atoms with Crippen molar-refractivity contribution in [3.63, 3.8) is 0 Å². The number of halogens is 2. The van der Waals surface area contributed by atoms with E-state index in [0.29, 0.717) is 4.47 Å². The highest BCUT2D eigenvalue weighted by atomic mass is 79.9. The van der Waals surface area contributed by atoms with Crippen molar-refractivity contribution in [3.8, 4) is 0 Å². The van der Waals surface area contributed by atoms with Crippen LogP contribution in [0.1, 0.15) is 0 Å². The highest BCUT2D eigenvalue weighted by Gasteiger charge is 2.17. The molecule has 66 valence electrons. The Kier molecular flexibility index (Phi) is 2.72. The van der Waals surface area contributed by atoms with Crippen molar-refractivity contribution in [2.75, 3.05) is 0 Å². The van der Waals surface area contributed by atoms with E-state index in [0.717, 1.165) is 0 Å². The molecule has 0 aliphatic rings. The van der Waals surface area contributed by atoms with Crippen LogP contribution in [0.15, 0.2) is 21.6 Å². The molecule has 4 nitrogen and oxygen atoms in total. The number of sulfonamides is 1. The van der Waals surface area contributed by atoms with Crippen molar-refractivity contribution in [3.05, 3.63) is 21.9 Å². The molecule has 2 N–H and O–H groups in total. The third-order valence-corrected chi connectivity index (χ3v) is 3.40.